The van der Waals surface area contributed by atoms with E-state index >= 15 is 0 Å². The number of hydrogen-bond acceptors (Lipinski definition) is 4. The number of ether oxygens (including phenoxy) is 1. The van der Waals surface area contributed by atoms with Crippen molar-refractivity contribution in [3.63, 3.8) is 0 Å². The molecule has 160 valence electrons. The van der Waals surface area contributed by atoms with Gasteiger partial charge in [-0.15, -0.1) is 24.0 Å². The van der Waals surface area contributed by atoms with Gasteiger partial charge in [0.2, 0.25) is 0 Å². The van der Waals surface area contributed by atoms with E-state index in [0.717, 1.165) is 22.9 Å². The Labute approximate surface area is 185 Å². The summed E-state index contributed by atoms with van der Waals surface area (Å²) in [6.07, 6.45) is -3.13. The fourth-order valence-electron chi connectivity index (χ4n) is 2.53. The third-order valence-electron chi connectivity index (χ3n) is 3.94. The molecule has 0 aliphatic rings. The van der Waals surface area contributed by atoms with E-state index in [9.17, 15) is 13.2 Å². The smallest absolute Gasteiger partial charge is 0.419 e. The number of halogens is 4. The standard InChI is InChI=1S/C19H24F3N5O.HI/c1-13-6-7-14(16(11-13)28-3)12-27-18(23-2)26-10-9-25-17-15(19(20,21)22)5-4-8-24-17;/h4-8,11H,9-10,12H2,1-3H3,(H,24,25)(H2,23,26,27);1H. The Hall–Kier alpha value is -2.24. The summed E-state index contributed by atoms with van der Waals surface area (Å²) < 4.78 is 44.2. The Morgan fingerprint density at radius 2 is 1.93 bits per heavy atom. The molecule has 0 fully saturated rings. The molecule has 1 aromatic heterocycles. The van der Waals surface area contributed by atoms with Crippen molar-refractivity contribution in [1.29, 1.82) is 0 Å². The Bertz CT molecular complexity index is 815. The first-order chi connectivity index (χ1) is 13.3. The quantitative estimate of drug-likeness (QED) is 0.223. The zero-order chi connectivity index (χ0) is 20.6. The highest BCUT2D eigenvalue weighted by molar-refractivity contribution is 14.0. The minimum atomic E-state index is -4.45. The van der Waals surface area contributed by atoms with Crippen LogP contribution in [0.3, 0.4) is 0 Å². The van der Waals surface area contributed by atoms with Gasteiger partial charge in [-0.2, -0.15) is 13.2 Å². The van der Waals surface area contributed by atoms with Gasteiger partial charge >= 0.3 is 6.18 Å². The lowest BCUT2D eigenvalue weighted by atomic mass is 10.1. The van der Waals surface area contributed by atoms with Crippen LogP contribution in [0.4, 0.5) is 19.0 Å². The molecule has 0 saturated carbocycles. The first kappa shape index (κ1) is 24.8. The van der Waals surface area contributed by atoms with Gasteiger partial charge < -0.3 is 20.7 Å². The topological polar surface area (TPSA) is 70.6 Å². The highest BCUT2D eigenvalue weighted by atomic mass is 127. The zero-order valence-corrected chi connectivity index (χ0v) is 18.8. The normalized spacial score (nSPS) is 11.4. The van der Waals surface area contributed by atoms with Crippen LogP contribution in [-0.2, 0) is 12.7 Å². The number of methoxy groups -OCH3 is 1. The molecule has 29 heavy (non-hydrogen) atoms. The van der Waals surface area contributed by atoms with E-state index in [-0.39, 0.29) is 36.3 Å². The maximum absolute atomic E-state index is 13.0. The SMILES string of the molecule is CN=C(NCCNc1ncccc1C(F)(F)F)NCc1ccc(C)cc1OC.I. The van der Waals surface area contributed by atoms with E-state index in [2.05, 4.69) is 25.9 Å². The maximum Gasteiger partial charge on any atom is 0.419 e. The van der Waals surface area contributed by atoms with Gasteiger partial charge in [-0.3, -0.25) is 4.99 Å². The van der Waals surface area contributed by atoms with Gasteiger partial charge in [-0.05, 0) is 30.7 Å². The molecule has 3 N–H and O–H groups in total. The molecule has 1 heterocycles. The minimum absolute atomic E-state index is 0. The van der Waals surface area contributed by atoms with Crippen molar-refractivity contribution >= 4 is 35.8 Å². The van der Waals surface area contributed by atoms with Crippen molar-refractivity contribution in [3.05, 3.63) is 53.2 Å². The van der Waals surface area contributed by atoms with Crippen molar-refractivity contribution < 1.29 is 17.9 Å². The average molecular weight is 523 g/mol. The van der Waals surface area contributed by atoms with Crippen molar-refractivity contribution in [1.82, 2.24) is 15.6 Å². The Balaban J connectivity index is 0.00000420. The number of aliphatic imine (C=N–C) groups is 1. The van der Waals surface area contributed by atoms with Crippen LogP contribution in [0.15, 0.2) is 41.5 Å². The van der Waals surface area contributed by atoms with Crippen LogP contribution in [0, 0.1) is 6.92 Å². The maximum atomic E-state index is 13.0. The number of aryl methyl sites for hydroxylation is 1. The summed E-state index contributed by atoms with van der Waals surface area (Å²) in [6, 6.07) is 8.16. The molecule has 2 rings (SSSR count). The lowest BCUT2D eigenvalue weighted by Crippen LogP contribution is -2.39. The molecule has 0 saturated heterocycles. The van der Waals surface area contributed by atoms with Gasteiger partial charge in [0.25, 0.3) is 0 Å². The lowest BCUT2D eigenvalue weighted by molar-refractivity contribution is -0.137. The highest BCUT2D eigenvalue weighted by Crippen LogP contribution is 2.33. The predicted molar refractivity (Wildman–Crippen MR) is 119 cm³/mol. The molecular weight excluding hydrogens is 498 g/mol. The van der Waals surface area contributed by atoms with Crippen LogP contribution in [0.1, 0.15) is 16.7 Å². The third kappa shape index (κ3) is 7.59. The molecule has 0 aliphatic carbocycles. The van der Waals surface area contributed by atoms with E-state index in [1.807, 2.05) is 25.1 Å². The Kier molecular flexibility index (Phi) is 9.99. The van der Waals surface area contributed by atoms with Gasteiger partial charge in [-0.25, -0.2) is 4.98 Å². The molecule has 0 spiro atoms. The lowest BCUT2D eigenvalue weighted by Gasteiger charge is -2.16. The Morgan fingerprint density at radius 3 is 2.59 bits per heavy atom. The number of benzene rings is 1. The average Bonchev–Trinajstić information content (AvgIpc) is 2.67. The summed E-state index contributed by atoms with van der Waals surface area (Å²) in [7, 11) is 3.24. The molecule has 0 amide bonds. The molecule has 2 aromatic rings. The molecule has 6 nitrogen and oxygen atoms in total. The fourth-order valence-corrected chi connectivity index (χ4v) is 2.53. The Morgan fingerprint density at radius 1 is 1.17 bits per heavy atom. The molecule has 0 radical (unpaired) electrons. The second-order valence-corrected chi connectivity index (χ2v) is 5.99. The van der Waals surface area contributed by atoms with Gasteiger partial charge in [0, 0.05) is 38.4 Å². The number of nitrogens with zero attached hydrogens (tertiary/aromatic N) is 2. The van der Waals surface area contributed by atoms with Crippen LogP contribution in [0.5, 0.6) is 5.75 Å². The van der Waals surface area contributed by atoms with Crippen molar-refractivity contribution in [2.45, 2.75) is 19.6 Å². The van der Waals surface area contributed by atoms with Crippen molar-refractivity contribution in [3.8, 4) is 5.75 Å². The molecule has 0 unspecified atom stereocenters. The number of rotatable bonds is 7. The summed E-state index contributed by atoms with van der Waals surface area (Å²) in [5.74, 6) is 1.12. The molecule has 10 heteroatoms. The van der Waals surface area contributed by atoms with Gasteiger partial charge in [0.05, 0.1) is 12.7 Å². The highest BCUT2D eigenvalue weighted by Gasteiger charge is 2.33. The second kappa shape index (κ2) is 11.7. The van der Waals surface area contributed by atoms with Crippen LogP contribution in [0.2, 0.25) is 0 Å². The minimum Gasteiger partial charge on any atom is -0.496 e. The summed E-state index contributed by atoms with van der Waals surface area (Å²) in [4.78, 5) is 7.87. The zero-order valence-electron chi connectivity index (χ0n) is 16.4. The van der Waals surface area contributed by atoms with Crippen LogP contribution in [-0.4, -0.2) is 38.2 Å². The number of hydrogen-bond donors (Lipinski definition) is 3. The molecule has 0 aliphatic heterocycles. The van der Waals surface area contributed by atoms with Crippen LogP contribution < -0.4 is 20.7 Å². The third-order valence-corrected chi connectivity index (χ3v) is 3.94. The number of pyridine rings is 1. The number of guanidine groups is 1. The largest absolute Gasteiger partial charge is 0.496 e. The van der Waals surface area contributed by atoms with Gasteiger partial charge in [-0.1, -0.05) is 12.1 Å². The first-order valence-electron chi connectivity index (χ1n) is 8.69. The molecule has 0 bridgehead atoms. The number of anilines is 1. The number of aromatic nitrogens is 1. The molecule has 0 atom stereocenters. The van der Waals surface area contributed by atoms with E-state index in [1.54, 1.807) is 14.2 Å². The summed E-state index contributed by atoms with van der Waals surface area (Å²) in [5, 5.41) is 8.89. The number of nitrogens with one attached hydrogen (secondary N) is 3. The first-order valence-corrected chi connectivity index (χ1v) is 8.69. The van der Waals surface area contributed by atoms with Crippen molar-refractivity contribution in [2.24, 2.45) is 4.99 Å². The van der Waals surface area contributed by atoms with Crippen molar-refractivity contribution in [2.75, 3.05) is 32.6 Å². The van der Waals surface area contributed by atoms with Gasteiger partial charge in [0.1, 0.15) is 11.6 Å². The van der Waals surface area contributed by atoms with E-state index in [4.69, 9.17) is 4.74 Å². The van der Waals surface area contributed by atoms with E-state index < -0.39 is 11.7 Å². The summed E-state index contributed by atoms with van der Waals surface area (Å²) in [6.45, 7) is 3.08. The monoisotopic (exact) mass is 523 g/mol. The summed E-state index contributed by atoms with van der Waals surface area (Å²) in [5.41, 5.74) is 1.28. The fraction of sp³-hybridized carbons (Fsp3) is 0.368. The predicted octanol–water partition coefficient (Wildman–Crippen LogP) is 3.81. The number of alkyl halides is 3. The van der Waals surface area contributed by atoms with E-state index in [1.165, 1.54) is 12.3 Å². The van der Waals surface area contributed by atoms with Gasteiger partial charge in [0.15, 0.2) is 5.96 Å². The summed E-state index contributed by atoms with van der Waals surface area (Å²) >= 11 is 0. The second-order valence-electron chi connectivity index (χ2n) is 5.99. The van der Waals surface area contributed by atoms with Crippen LogP contribution in [0.25, 0.3) is 0 Å². The van der Waals surface area contributed by atoms with E-state index in [0.29, 0.717) is 19.0 Å². The van der Waals surface area contributed by atoms with Crippen LogP contribution >= 0.6 is 24.0 Å². The molecular formula is C19H25F3IN5O. The molecule has 1 aromatic carbocycles.